The SMILES string of the molecule is CC1CCCCC1OC(C)(C(=O)O)C1CC1. The third-order valence-corrected chi connectivity index (χ3v) is 4.21. The average molecular weight is 226 g/mol. The molecule has 16 heavy (non-hydrogen) atoms. The van der Waals surface area contributed by atoms with Gasteiger partial charge >= 0.3 is 5.97 Å². The molecule has 92 valence electrons. The largest absolute Gasteiger partial charge is 0.479 e. The molecule has 0 amide bonds. The molecule has 0 aromatic heterocycles. The second kappa shape index (κ2) is 4.36. The van der Waals surface area contributed by atoms with E-state index in [1.807, 2.05) is 0 Å². The number of carboxylic acid groups (broad SMARTS) is 1. The second-order valence-corrected chi connectivity index (χ2v) is 5.60. The van der Waals surface area contributed by atoms with Gasteiger partial charge in [0.1, 0.15) is 0 Å². The number of hydrogen-bond donors (Lipinski definition) is 1. The van der Waals surface area contributed by atoms with Gasteiger partial charge in [-0.25, -0.2) is 4.79 Å². The maximum absolute atomic E-state index is 11.4. The summed E-state index contributed by atoms with van der Waals surface area (Å²) in [6, 6.07) is 0. The number of carbonyl (C=O) groups is 1. The summed E-state index contributed by atoms with van der Waals surface area (Å²) in [7, 11) is 0. The first-order valence-electron chi connectivity index (χ1n) is 6.45. The molecule has 1 N–H and O–H groups in total. The Morgan fingerprint density at radius 3 is 2.38 bits per heavy atom. The number of rotatable bonds is 4. The van der Waals surface area contributed by atoms with Gasteiger partial charge in [0.05, 0.1) is 6.10 Å². The zero-order valence-electron chi connectivity index (χ0n) is 10.2. The van der Waals surface area contributed by atoms with Crippen molar-refractivity contribution in [3.63, 3.8) is 0 Å². The molecule has 3 unspecified atom stereocenters. The minimum absolute atomic E-state index is 0.149. The van der Waals surface area contributed by atoms with E-state index >= 15 is 0 Å². The lowest BCUT2D eigenvalue weighted by Crippen LogP contribution is -2.45. The van der Waals surface area contributed by atoms with Crippen molar-refractivity contribution in [3.05, 3.63) is 0 Å². The van der Waals surface area contributed by atoms with Crippen LogP contribution in [0.3, 0.4) is 0 Å². The fourth-order valence-electron chi connectivity index (χ4n) is 2.73. The quantitative estimate of drug-likeness (QED) is 0.801. The Hall–Kier alpha value is -0.570. The van der Waals surface area contributed by atoms with E-state index in [2.05, 4.69) is 6.92 Å². The minimum atomic E-state index is -0.934. The van der Waals surface area contributed by atoms with Crippen LogP contribution in [0.2, 0.25) is 0 Å². The van der Waals surface area contributed by atoms with E-state index in [1.165, 1.54) is 19.3 Å². The van der Waals surface area contributed by atoms with Crippen LogP contribution in [0.15, 0.2) is 0 Å². The highest BCUT2D eigenvalue weighted by molar-refractivity contribution is 5.78. The van der Waals surface area contributed by atoms with Crippen molar-refractivity contribution in [1.29, 1.82) is 0 Å². The van der Waals surface area contributed by atoms with Gasteiger partial charge in [-0.2, -0.15) is 0 Å². The normalized spacial score (nSPS) is 34.4. The lowest BCUT2D eigenvalue weighted by Gasteiger charge is -2.36. The number of hydrogen-bond acceptors (Lipinski definition) is 2. The van der Waals surface area contributed by atoms with Crippen molar-refractivity contribution in [2.24, 2.45) is 11.8 Å². The van der Waals surface area contributed by atoms with Gasteiger partial charge in [0.2, 0.25) is 0 Å². The lowest BCUT2D eigenvalue weighted by molar-refractivity contribution is -0.181. The van der Waals surface area contributed by atoms with E-state index in [9.17, 15) is 9.90 Å². The predicted molar refractivity (Wildman–Crippen MR) is 61.3 cm³/mol. The molecule has 2 fully saturated rings. The predicted octanol–water partition coefficient (Wildman–Crippen LogP) is 2.84. The highest BCUT2D eigenvalue weighted by Crippen LogP contribution is 2.44. The van der Waals surface area contributed by atoms with Crippen LogP contribution < -0.4 is 0 Å². The van der Waals surface area contributed by atoms with Gasteiger partial charge in [-0.3, -0.25) is 0 Å². The Balaban J connectivity index is 2.02. The smallest absolute Gasteiger partial charge is 0.335 e. The monoisotopic (exact) mass is 226 g/mol. The van der Waals surface area contributed by atoms with Gasteiger partial charge < -0.3 is 9.84 Å². The molecular weight excluding hydrogens is 204 g/mol. The molecular formula is C13H22O3. The summed E-state index contributed by atoms with van der Waals surface area (Å²) in [5.41, 5.74) is -0.934. The van der Waals surface area contributed by atoms with E-state index < -0.39 is 11.6 Å². The summed E-state index contributed by atoms with van der Waals surface area (Å²) in [6.07, 6.45) is 6.79. The van der Waals surface area contributed by atoms with Crippen molar-refractivity contribution in [2.45, 2.75) is 64.1 Å². The van der Waals surface area contributed by atoms with Crippen molar-refractivity contribution < 1.29 is 14.6 Å². The fraction of sp³-hybridized carbons (Fsp3) is 0.923. The molecule has 2 saturated carbocycles. The van der Waals surface area contributed by atoms with Crippen LogP contribution in [-0.2, 0) is 9.53 Å². The van der Waals surface area contributed by atoms with Gasteiger partial charge in [-0.05, 0) is 44.4 Å². The molecule has 3 heteroatoms. The molecule has 2 aliphatic rings. The first kappa shape index (κ1) is 11.9. The van der Waals surface area contributed by atoms with Gasteiger partial charge in [-0.15, -0.1) is 0 Å². The van der Waals surface area contributed by atoms with E-state index in [4.69, 9.17) is 4.74 Å². The van der Waals surface area contributed by atoms with Gasteiger partial charge in [0.25, 0.3) is 0 Å². The Morgan fingerprint density at radius 2 is 1.88 bits per heavy atom. The van der Waals surface area contributed by atoms with E-state index in [0.717, 1.165) is 19.3 Å². The van der Waals surface area contributed by atoms with E-state index in [-0.39, 0.29) is 12.0 Å². The molecule has 0 aliphatic heterocycles. The summed E-state index contributed by atoms with van der Waals surface area (Å²) < 4.78 is 5.98. The molecule has 0 radical (unpaired) electrons. The average Bonchev–Trinajstić information content (AvgIpc) is 3.04. The summed E-state index contributed by atoms with van der Waals surface area (Å²) in [6.45, 7) is 3.94. The van der Waals surface area contributed by atoms with Crippen LogP contribution in [0.1, 0.15) is 52.4 Å². The van der Waals surface area contributed by atoms with Gasteiger partial charge in [0, 0.05) is 0 Å². The van der Waals surface area contributed by atoms with Gasteiger partial charge in [0.15, 0.2) is 5.60 Å². The van der Waals surface area contributed by atoms with Crippen LogP contribution in [-0.4, -0.2) is 22.8 Å². The maximum atomic E-state index is 11.4. The summed E-state index contributed by atoms with van der Waals surface area (Å²) in [5, 5.41) is 9.33. The topological polar surface area (TPSA) is 46.5 Å². The number of ether oxygens (including phenoxy) is 1. The van der Waals surface area contributed by atoms with Crippen LogP contribution in [0, 0.1) is 11.8 Å². The standard InChI is InChI=1S/C13H22O3/c1-9-5-3-4-6-11(9)16-13(2,12(14)15)10-7-8-10/h9-11H,3-8H2,1-2H3,(H,14,15). The molecule has 2 rings (SSSR count). The molecule has 3 nitrogen and oxygen atoms in total. The second-order valence-electron chi connectivity index (χ2n) is 5.60. The van der Waals surface area contributed by atoms with E-state index in [1.54, 1.807) is 6.92 Å². The van der Waals surface area contributed by atoms with Crippen LogP contribution in [0.25, 0.3) is 0 Å². The van der Waals surface area contributed by atoms with Crippen molar-refractivity contribution in [3.8, 4) is 0 Å². The van der Waals surface area contributed by atoms with Crippen molar-refractivity contribution in [2.75, 3.05) is 0 Å². The first-order valence-corrected chi connectivity index (χ1v) is 6.45. The van der Waals surface area contributed by atoms with Crippen molar-refractivity contribution >= 4 is 5.97 Å². The third-order valence-electron chi connectivity index (χ3n) is 4.21. The molecule has 0 aromatic carbocycles. The zero-order chi connectivity index (χ0) is 11.8. The zero-order valence-corrected chi connectivity index (χ0v) is 10.2. The molecule has 3 atom stereocenters. The molecule has 0 bridgehead atoms. The van der Waals surface area contributed by atoms with E-state index in [0.29, 0.717) is 5.92 Å². The Morgan fingerprint density at radius 1 is 1.25 bits per heavy atom. The maximum Gasteiger partial charge on any atom is 0.335 e. The summed E-state index contributed by atoms with van der Waals surface area (Å²) in [5.74, 6) is -0.0434. The summed E-state index contributed by atoms with van der Waals surface area (Å²) >= 11 is 0. The first-order chi connectivity index (χ1) is 7.54. The molecule has 0 saturated heterocycles. The lowest BCUT2D eigenvalue weighted by atomic mass is 9.87. The van der Waals surface area contributed by atoms with Crippen LogP contribution in [0.5, 0.6) is 0 Å². The van der Waals surface area contributed by atoms with Crippen LogP contribution >= 0.6 is 0 Å². The molecule has 0 aromatic rings. The third kappa shape index (κ3) is 2.24. The Kier molecular flexibility index (Phi) is 3.24. The molecule has 2 aliphatic carbocycles. The minimum Gasteiger partial charge on any atom is -0.479 e. The highest BCUT2D eigenvalue weighted by atomic mass is 16.5. The van der Waals surface area contributed by atoms with Gasteiger partial charge in [-0.1, -0.05) is 19.8 Å². The Labute approximate surface area is 97.2 Å². The fourth-order valence-corrected chi connectivity index (χ4v) is 2.73. The highest BCUT2D eigenvalue weighted by Gasteiger charge is 2.50. The summed E-state index contributed by atoms with van der Waals surface area (Å²) in [4.78, 5) is 11.4. The number of aliphatic carboxylic acids is 1. The Bertz CT molecular complexity index is 272. The van der Waals surface area contributed by atoms with Crippen molar-refractivity contribution in [1.82, 2.24) is 0 Å². The van der Waals surface area contributed by atoms with Crippen LogP contribution in [0.4, 0.5) is 0 Å². The number of carboxylic acids is 1. The molecule has 0 heterocycles. The molecule has 0 spiro atoms.